The maximum Gasteiger partial charge on any atom is 0.230 e. The van der Waals surface area contributed by atoms with E-state index in [0.717, 1.165) is 16.5 Å². The Hall–Kier alpha value is -3.50. The third-order valence-electron chi connectivity index (χ3n) is 4.33. The van der Waals surface area contributed by atoms with Crippen molar-refractivity contribution in [2.24, 2.45) is 0 Å². The van der Waals surface area contributed by atoms with Crippen molar-refractivity contribution in [2.75, 3.05) is 0 Å². The number of carbonyl (C=O) groups excluding carboxylic acids is 1. The molecule has 0 aliphatic rings. The van der Waals surface area contributed by atoms with Gasteiger partial charge in [0.25, 0.3) is 0 Å². The van der Waals surface area contributed by atoms with Gasteiger partial charge >= 0.3 is 0 Å². The van der Waals surface area contributed by atoms with Crippen LogP contribution >= 0.6 is 11.6 Å². The molecule has 0 unspecified atom stereocenters. The smallest absolute Gasteiger partial charge is 0.230 e. The van der Waals surface area contributed by atoms with Crippen molar-refractivity contribution in [3.05, 3.63) is 101 Å². The number of carbonyl (C=O) groups is 1. The van der Waals surface area contributed by atoms with Gasteiger partial charge in [0, 0.05) is 10.6 Å². The highest BCUT2D eigenvalue weighted by molar-refractivity contribution is 6.30. The maximum absolute atomic E-state index is 12.4. The lowest BCUT2D eigenvalue weighted by molar-refractivity contribution is 0.104. The van der Waals surface area contributed by atoms with Crippen molar-refractivity contribution in [2.45, 2.75) is 6.92 Å². The molecular weight excluding hydrogens is 384 g/mol. The van der Waals surface area contributed by atoms with Crippen LogP contribution in [0.2, 0.25) is 5.02 Å². The van der Waals surface area contributed by atoms with Crippen LogP contribution in [0.15, 0.2) is 78.9 Å². The lowest BCUT2D eigenvalue weighted by Crippen LogP contribution is -1.97. The highest BCUT2D eigenvalue weighted by atomic mass is 35.5. The number of nitrogens with zero attached hydrogens (tertiary/aromatic N) is 2. The van der Waals surface area contributed by atoms with E-state index in [0.29, 0.717) is 28.0 Å². The molecule has 0 atom stereocenters. The SMILES string of the molecule is Cc1nc(Oc2ccc(C(=O)/C=C/c3ccc(Cl)cc3)cc2)c2ccccc2n1. The number of hydrogen-bond donors (Lipinski definition) is 0. The van der Waals surface area contributed by atoms with Crippen LogP contribution in [0.1, 0.15) is 21.7 Å². The molecule has 3 aromatic carbocycles. The van der Waals surface area contributed by atoms with E-state index in [1.807, 2.05) is 43.3 Å². The van der Waals surface area contributed by atoms with Gasteiger partial charge in [0.05, 0.1) is 10.9 Å². The van der Waals surface area contributed by atoms with Crippen molar-refractivity contribution in [1.29, 1.82) is 0 Å². The quantitative estimate of drug-likeness (QED) is 0.292. The van der Waals surface area contributed by atoms with Crippen LogP contribution in [0.4, 0.5) is 0 Å². The Kier molecular flexibility index (Phi) is 5.36. The number of fused-ring (bicyclic) bond motifs is 1. The fourth-order valence-corrected chi connectivity index (χ4v) is 3.00. The second-order valence-electron chi connectivity index (χ2n) is 6.47. The number of aromatic nitrogens is 2. The second kappa shape index (κ2) is 8.25. The van der Waals surface area contributed by atoms with Crippen LogP contribution in [-0.4, -0.2) is 15.8 Å². The van der Waals surface area contributed by atoms with Gasteiger partial charge in [0.1, 0.15) is 11.6 Å². The number of benzene rings is 3. The third kappa shape index (κ3) is 4.50. The summed E-state index contributed by atoms with van der Waals surface area (Å²) in [6, 6.07) is 22.0. The van der Waals surface area contributed by atoms with Gasteiger partial charge in [-0.15, -0.1) is 0 Å². The number of halogens is 1. The predicted molar refractivity (Wildman–Crippen MR) is 116 cm³/mol. The van der Waals surface area contributed by atoms with Crippen molar-refractivity contribution in [3.63, 3.8) is 0 Å². The monoisotopic (exact) mass is 400 g/mol. The lowest BCUT2D eigenvalue weighted by Gasteiger charge is -2.09. The van der Waals surface area contributed by atoms with Crippen molar-refractivity contribution in [3.8, 4) is 11.6 Å². The molecule has 4 rings (SSSR count). The van der Waals surface area contributed by atoms with Crippen molar-refractivity contribution < 1.29 is 9.53 Å². The lowest BCUT2D eigenvalue weighted by atomic mass is 10.1. The first kappa shape index (κ1) is 18.8. The Balaban J connectivity index is 1.51. The number of ketones is 1. The van der Waals surface area contributed by atoms with Gasteiger partial charge in [0.2, 0.25) is 5.88 Å². The minimum absolute atomic E-state index is 0.0881. The third-order valence-corrected chi connectivity index (χ3v) is 4.58. The Morgan fingerprint density at radius 3 is 2.41 bits per heavy atom. The Morgan fingerprint density at radius 1 is 0.931 bits per heavy atom. The van der Waals surface area contributed by atoms with E-state index in [-0.39, 0.29) is 5.78 Å². The number of aryl methyl sites for hydroxylation is 1. The number of para-hydroxylation sites is 1. The summed E-state index contributed by atoms with van der Waals surface area (Å²) in [5.41, 5.74) is 2.31. The number of hydrogen-bond acceptors (Lipinski definition) is 4. The van der Waals surface area contributed by atoms with Crippen LogP contribution in [0.5, 0.6) is 11.6 Å². The van der Waals surface area contributed by atoms with Gasteiger partial charge in [-0.2, -0.15) is 4.98 Å². The van der Waals surface area contributed by atoms with Gasteiger partial charge in [-0.3, -0.25) is 4.79 Å². The predicted octanol–water partition coefficient (Wildman–Crippen LogP) is 6.28. The first-order valence-corrected chi connectivity index (χ1v) is 9.45. The number of ether oxygens (including phenoxy) is 1. The topological polar surface area (TPSA) is 52.1 Å². The summed E-state index contributed by atoms with van der Waals surface area (Å²) in [7, 11) is 0. The zero-order chi connectivity index (χ0) is 20.2. The summed E-state index contributed by atoms with van der Waals surface area (Å²) in [5, 5.41) is 1.50. The summed E-state index contributed by atoms with van der Waals surface area (Å²) in [5.74, 6) is 1.65. The summed E-state index contributed by atoms with van der Waals surface area (Å²) in [4.78, 5) is 21.2. The standard InChI is InChI=1S/C24H17ClN2O2/c1-16-26-22-5-3-2-4-21(22)24(27-16)29-20-13-9-18(10-14-20)23(28)15-8-17-6-11-19(25)12-7-17/h2-15H,1H3/b15-8+. The molecule has 0 aliphatic carbocycles. The summed E-state index contributed by atoms with van der Waals surface area (Å²) < 4.78 is 5.95. The second-order valence-corrected chi connectivity index (χ2v) is 6.91. The van der Waals surface area contributed by atoms with E-state index in [1.165, 1.54) is 0 Å². The molecule has 0 radical (unpaired) electrons. The maximum atomic E-state index is 12.4. The molecule has 0 aliphatic heterocycles. The molecule has 142 valence electrons. The zero-order valence-corrected chi connectivity index (χ0v) is 16.4. The van der Waals surface area contributed by atoms with E-state index in [1.54, 1.807) is 48.6 Å². The van der Waals surface area contributed by atoms with Gasteiger partial charge in [-0.25, -0.2) is 4.98 Å². The minimum Gasteiger partial charge on any atom is -0.438 e. The Labute approximate surface area is 173 Å². The van der Waals surface area contributed by atoms with Crippen LogP contribution in [-0.2, 0) is 0 Å². The number of rotatable bonds is 5. The molecule has 1 heterocycles. The molecule has 5 heteroatoms. The first-order valence-electron chi connectivity index (χ1n) is 9.08. The molecule has 0 amide bonds. The van der Waals surface area contributed by atoms with Gasteiger partial charge < -0.3 is 4.74 Å². The highest BCUT2D eigenvalue weighted by Crippen LogP contribution is 2.27. The molecule has 0 saturated carbocycles. The fraction of sp³-hybridized carbons (Fsp3) is 0.0417. The molecule has 0 saturated heterocycles. The molecule has 0 bridgehead atoms. The van der Waals surface area contributed by atoms with E-state index in [9.17, 15) is 4.79 Å². The van der Waals surface area contributed by atoms with E-state index in [4.69, 9.17) is 16.3 Å². The highest BCUT2D eigenvalue weighted by Gasteiger charge is 2.09. The average molecular weight is 401 g/mol. The van der Waals surface area contributed by atoms with E-state index in [2.05, 4.69) is 9.97 Å². The van der Waals surface area contributed by atoms with Crippen molar-refractivity contribution >= 4 is 34.4 Å². The Morgan fingerprint density at radius 2 is 1.66 bits per heavy atom. The van der Waals surface area contributed by atoms with Crippen LogP contribution in [0.3, 0.4) is 0 Å². The van der Waals surface area contributed by atoms with E-state index >= 15 is 0 Å². The molecule has 0 fully saturated rings. The molecular formula is C24H17ClN2O2. The summed E-state index contributed by atoms with van der Waals surface area (Å²) in [6.07, 6.45) is 3.30. The van der Waals surface area contributed by atoms with Gasteiger partial charge in [0.15, 0.2) is 5.78 Å². The van der Waals surface area contributed by atoms with Crippen molar-refractivity contribution in [1.82, 2.24) is 9.97 Å². The summed E-state index contributed by atoms with van der Waals surface area (Å²) in [6.45, 7) is 1.83. The van der Waals surface area contributed by atoms with Crippen LogP contribution in [0, 0.1) is 6.92 Å². The normalized spacial score (nSPS) is 11.1. The molecule has 29 heavy (non-hydrogen) atoms. The molecule has 4 aromatic rings. The molecule has 1 aromatic heterocycles. The fourth-order valence-electron chi connectivity index (χ4n) is 2.88. The van der Waals surface area contributed by atoms with Gasteiger partial charge in [-0.1, -0.05) is 41.9 Å². The molecule has 0 N–H and O–H groups in total. The molecule has 4 nitrogen and oxygen atoms in total. The average Bonchev–Trinajstić information content (AvgIpc) is 2.73. The number of allylic oxidation sites excluding steroid dienone is 1. The molecule has 0 spiro atoms. The Bertz CT molecular complexity index is 1200. The zero-order valence-electron chi connectivity index (χ0n) is 15.7. The van der Waals surface area contributed by atoms with Gasteiger partial charge in [-0.05, 0) is 67.1 Å². The summed E-state index contributed by atoms with van der Waals surface area (Å²) >= 11 is 5.87. The van der Waals surface area contributed by atoms with Crippen LogP contribution < -0.4 is 4.74 Å². The largest absolute Gasteiger partial charge is 0.438 e. The van der Waals surface area contributed by atoms with E-state index < -0.39 is 0 Å². The first-order chi connectivity index (χ1) is 14.1. The van der Waals surface area contributed by atoms with Crippen LogP contribution in [0.25, 0.3) is 17.0 Å². The minimum atomic E-state index is -0.0881.